The molecule has 0 saturated heterocycles. The van der Waals surface area contributed by atoms with Crippen molar-refractivity contribution in [1.29, 1.82) is 0 Å². The van der Waals surface area contributed by atoms with Gasteiger partial charge in [-0.15, -0.1) is 11.3 Å². The molecule has 0 aliphatic heterocycles. The minimum atomic E-state index is 0.105. The van der Waals surface area contributed by atoms with Crippen LogP contribution in [0.2, 0.25) is 0 Å². The summed E-state index contributed by atoms with van der Waals surface area (Å²) >= 11 is 1.68. The molecule has 0 saturated carbocycles. The fraction of sp³-hybridized carbons (Fsp3) is 0.375. The van der Waals surface area contributed by atoms with Crippen molar-refractivity contribution in [3.05, 3.63) is 46.7 Å². The van der Waals surface area contributed by atoms with Crippen molar-refractivity contribution in [1.82, 2.24) is 19.9 Å². The SMILES string of the molecule is CC(C)(C)NCc1cn(Cc2cncs2)c2ncccc12. The molecule has 0 unspecified atom stereocenters. The summed E-state index contributed by atoms with van der Waals surface area (Å²) in [5.74, 6) is 0. The van der Waals surface area contributed by atoms with E-state index in [-0.39, 0.29) is 5.54 Å². The zero-order chi connectivity index (χ0) is 14.9. The maximum Gasteiger partial charge on any atom is 0.140 e. The Hall–Kier alpha value is -1.72. The van der Waals surface area contributed by atoms with Gasteiger partial charge in [0.05, 0.1) is 12.1 Å². The third kappa shape index (κ3) is 3.31. The molecule has 0 spiro atoms. The molecule has 0 amide bonds. The van der Waals surface area contributed by atoms with Gasteiger partial charge in [-0.25, -0.2) is 4.98 Å². The van der Waals surface area contributed by atoms with Crippen LogP contribution in [0.3, 0.4) is 0 Å². The van der Waals surface area contributed by atoms with Crippen molar-refractivity contribution in [3.8, 4) is 0 Å². The first kappa shape index (κ1) is 14.2. The maximum absolute atomic E-state index is 4.55. The minimum absolute atomic E-state index is 0.105. The number of rotatable bonds is 4. The monoisotopic (exact) mass is 300 g/mol. The summed E-state index contributed by atoms with van der Waals surface area (Å²) in [5.41, 5.74) is 4.30. The van der Waals surface area contributed by atoms with Crippen molar-refractivity contribution in [2.75, 3.05) is 0 Å². The van der Waals surface area contributed by atoms with E-state index in [4.69, 9.17) is 0 Å². The molecule has 0 bridgehead atoms. The third-order valence-corrected chi connectivity index (χ3v) is 4.10. The van der Waals surface area contributed by atoms with E-state index in [0.717, 1.165) is 18.7 Å². The molecular formula is C16H20N4S. The van der Waals surface area contributed by atoms with Gasteiger partial charge in [-0.05, 0) is 38.5 Å². The summed E-state index contributed by atoms with van der Waals surface area (Å²) in [4.78, 5) is 9.94. The molecule has 3 aromatic heterocycles. The van der Waals surface area contributed by atoms with Gasteiger partial charge in [-0.1, -0.05) is 0 Å². The standard InChI is InChI=1S/C16H20N4S/c1-16(2,3)19-7-12-9-20(10-13-8-17-11-21-13)15-14(12)5-4-6-18-15/h4-6,8-9,11,19H,7,10H2,1-3H3. The Kier molecular flexibility index (Phi) is 3.78. The summed E-state index contributed by atoms with van der Waals surface area (Å²) in [5, 5.41) is 4.77. The minimum Gasteiger partial charge on any atom is -0.327 e. The number of pyridine rings is 1. The molecule has 0 aliphatic carbocycles. The lowest BCUT2D eigenvalue weighted by atomic mass is 10.1. The van der Waals surface area contributed by atoms with Crippen LogP contribution in [0, 0.1) is 0 Å². The normalized spacial score (nSPS) is 12.1. The number of hydrogen-bond acceptors (Lipinski definition) is 4. The number of nitrogens with zero attached hydrogens (tertiary/aromatic N) is 3. The molecule has 3 aromatic rings. The van der Waals surface area contributed by atoms with Crippen LogP contribution >= 0.6 is 11.3 Å². The van der Waals surface area contributed by atoms with Gasteiger partial charge < -0.3 is 9.88 Å². The van der Waals surface area contributed by atoms with E-state index in [0.29, 0.717) is 0 Å². The van der Waals surface area contributed by atoms with Crippen molar-refractivity contribution in [2.45, 2.75) is 39.4 Å². The largest absolute Gasteiger partial charge is 0.327 e. The number of nitrogens with one attached hydrogen (secondary N) is 1. The molecule has 0 atom stereocenters. The lowest BCUT2D eigenvalue weighted by Gasteiger charge is -2.20. The molecule has 3 rings (SSSR count). The van der Waals surface area contributed by atoms with E-state index in [1.807, 2.05) is 24.0 Å². The first-order valence-electron chi connectivity index (χ1n) is 7.08. The van der Waals surface area contributed by atoms with Gasteiger partial charge in [-0.3, -0.25) is 4.98 Å². The quantitative estimate of drug-likeness (QED) is 0.802. The highest BCUT2D eigenvalue weighted by Gasteiger charge is 2.13. The molecule has 5 heteroatoms. The lowest BCUT2D eigenvalue weighted by molar-refractivity contribution is 0.425. The summed E-state index contributed by atoms with van der Waals surface area (Å²) in [7, 11) is 0. The predicted molar refractivity (Wildman–Crippen MR) is 87.5 cm³/mol. The molecule has 0 radical (unpaired) electrons. The Morgan fingerprint density at radius 1 is 1.33 bits per heavy atom. The highest BCUT2D eigenvalue weighted by molar-refractivity contribution is 7.09. The van der Waals surface area contributed by atoms with Crippen LogP contribution in [-0.4, -0.2) is 20.1 Å². The Morgan fingerprint density at radius 3 is 2.90 bits per heavy atom. The first-order valence-corrected chi connectivity index (χ1v) is 7.96. The lowest BCUT2D eigenvalue weighted by Crippen LogP contribution is -2.34. The summed E-state index contributed by atoms with van der Waals surface area (Å²) in [6.45, 7) is 8.22. The Morgan fingerprint density at radius 2 is 2.19 bits per heavy atom. The topological polar surface area (TPSA) is 42.7 Å². The van der Waals surface area contributed by atoms with Gasteiger partial charge >= 0.3 is 0 Å². The highest BCUT2D eigenvalue weighted by atomic mass is 32.1. The zero-order valence-electron chi connectivity index (χ0n) is 12.6. The number of fused-ring (bicyclic) bond motifs is 1. The summed E-state index contributed by atoms with van der Waals surface area (Å²) < 4.78 is 2.21. The van der Waals surface area contributed by atoms with Crippen LogP contribution in [-0.2, 0) is 13.1 Å². The van der Waals surface area contributed by atoms with Crippen molar-refractivity contribution in [3.63, 3.8) is 0 Å². The first-order chi connectivity index (χ1) is 10.0. The van der Waals surface area contributed by atoms with Crippen LogP contribution in [0.15, 0.2) is 36.2 Å². The fourth-order valence-corrected chi connectivity index (χ4v) is 2.90. The van der Waals surface area contributed by atoms with Gasteiger partial charge in [0, 0.05) is 40.9 Å². The molecule has 0 aromatic carbocycles. The smallest absolute Gasteiger partial charge is 0.140 e. The second kappa shape index (κ2) is 5.58. The highest BCUT2D eigenvalue weighted by Crippen LogP contribution is 2.22. The third-order valence-electron chi connectivity index (χ3n) is 3.34. The van der Waals surface area contributed by atoms with E-state index in [2.05, 4.69) is 52.9 Å². The Balaban J connectivity index is 1.94. The van der Waals surface area contributed by atoms with Crippen LogP contribution in [0.5, 0.6) is 0 Å². The molecule has 0 fully saturated rings. The van der Waals surface area contributed by atoms with E-state index in [1.54, 1.807) is 11.3 Å². The number of hydrogen-bond donors (Lipinski definition) is 1. The van der Waals surface area contributed by atoms with Crippen LogP contribution in [0.4, 0.5) is 0 Å². The average molecular weight is 300 g/mol. The molecule has 21 heavy (non-hydrogen) atoms. The zero-order valence-corrected chi connectivity index (χ0v) is 13.4. The fourth-order valence-electron chi connectivity index (χ4n) is 2.31. The van der Waals surface area contributed by atoms with Gasteiger partial charge in [0.25, 0.3) is 0 Å². The summed E-state index contributed by atoms with van der Waals surface area (Å²) in [6, 6.07) is 4.14. The van der Waals surface area contributed by atoms with E-state index in [1.165, 1.54) is 15.8 Å². The van der Waals surface area contributed by atoms with Crippen molar-refractivity contribution >= 4 is 22.4 Å². The molecule has 0 aliphatic rings. The van der Waals surface area contributed by atoms with Crippen LogP contribution in [0.1, 0.15) is 31.2 Å². The Bertz CT molecular complexity index is 722. The second-order valence-electron chi connectivity index (χ2n) is 6.23. The molecule has 3 heterocycles. The molecule has 4 nitrogen and oxygen atoms in total. The van der Waals surface area contributed by atoms with Crippen LogP contribution < -0.4 is 5.32 Å². The molecule has 1 N–H and O–H groups in total. The number of thiazole rings is 1. The van der Waals surface area contributed by atoms with E-state index in [9.17, 15) is 0 Å². The van der Waals surface area contributed by atoms with Crippen molar-refractivity contribution in [2.24, 2.45) is 0 Å². The van der Waals surface area contributed by atoms with E-state index < -0.39 is 0 Å². The molecular weight excluding hydrogens is 280 g/mol. The van der Waals surface area contributed by atoms with Gasteiger partial charge in [0.2, 0.25) is 0 Å². The van der Waals surface area contributed by atoms with Crippen LogP contribution in [0.25, 0.3) is 11.0 Å². The average Bonchev–Trinajstić information content (AvgIpc) is 3.05. The van der Waals surface area contributed by atoms with Gasteiger partial charge in [0.1, 0.15) is 5.65 Å². The predicted octanol–water partition coefficient (Wildman–Crippen LogP) is 3.43. The Labute approximate surface area is 128 Å². The molecule has 110 valence electrons. The second-order valence-corrected chi connectivity index (χ2v) is 7.20. The number of aromatic nitrogens is 3. The summed E-state index contributed by atoms with van der Waals surface area (Å²) in [6.07, 6.45) is 5.98. The maximum atomic E-state index is 4.55. The van der Waals surface area contributed by atoms with E-state index >= 15 is 0 Å². The van der Waals surface area contributed by atoms with Gasteiger partial charge in [-0.2, -0.15) is 0 Å². The van der Waals surface area contributed by atoms with Crippen molar-refractivity contribution < 1.29 is 0 Å². The van der Waals surface area contributed by atoms with Gasteiger partial charge in [0.15, 0.2) is 0 Å².